The molecule has 2 rings (SSSR count). The summed E-state index contributed by atoms with van der Waals surface area (Å²) in [6, 6.07) is 6.43. The molecule has 1 saturated heterocycles. The summed E-state index contributed by atoms with van der Waals surface area (Å²) in [5, 5.41) is 5.01. The van der Waals surface area contributed by atoms with E-state index < -0.39 is 15.9 Å². The number of amides is 2. The fourth-order valence-electron chi connectivity index (χ4n) is 2.37. The van der Waals surface area contributed by atoms with Gasteiger partial charge in [0.1, 0.15) is 0 Å². The van der Waals surface area contributed by atoms with Gasteiger partial charge >= 0.3 is 0 Å². The van der Waals surface area contributed by atoms with Crippen molar-refractivity contribution < 1.29 is 18.0 Å². The van der Waals surface area contributed by atoms with Gasteiger partial charge in [-0.25, -0.2) is 8.42 Å². The summed E-state index contributed by atoms with van der Waals surface area (Å²) in [5.41, 5.74) is 5.89. The highest BCUT2D eigenvalue weighted by Crippen LogP contribution is 2.20. The molecule has 0 atom stereocenters. The molecule has 1 aromatic carbocycles. The molecule has 1 heterocycles. The van der Waals surface area contributed by atoms with Crippen LogP contribution in [0.15, 0.2) is 29.2 Å². The summed E-state index contributed by atoms with van der Waals surface area (Å²) in [4.78, 5) is 22.8. The molecule has 25 heavy (non-hydrogen) atoms. The minimum absolute atomic E-state index is 0. The van der Waals surface area contributed by atoms with Crippen molar-refractivity contribution in [2.24, 2.45) is 5.73 Å². The van der Waals surface area contributed by atoms with E-state index in [1.807, 2.05) is 0 Å². The first-order valence-electron chi connectivity index (χ1n) is 7.76. The third-order valence-corrected chi connectivity index (χ3v) is 5.66. The SMILES string of the molecule is Cl.NCC(=O)NCC(=O)NCc1ccc(S(=O)(=O)N2CCCC2)cc1. The largest absolute Gasteiger partial charge is 0.350 e. The van der Waals surface area contributed by atoms with Gasteiger partial charge in [0, 0.05) is 19.6 Å². The van der Waals surface area contributed by atoms with E-state index in [-0.39, 0.29) is 42.8 Å². The average Bonchev–Trinajstić information content (AvgIpc) is 3.13. The smallest absolute Gasteiger partial charge is 0.243 e. The lowest BCUT2D eigenvalue weighted by Gasteiger charge is -2.15. The molecule has 0 radical (unpaired) electrons. The molecule has 1 fully saturated rings. The number of sulfonamides is 1. The first-order chi connectivity index (χ1) is 11.4. The normalized spacial score (nSPS) is 14.6. The number of nitrogens with one attached hydrogen (secondary N) is 2. The van der Waals surface area contributed by atoms with Crippen LogP contribution in [0.25, 0.3) is 0 Å². The lowest BCUT2D eigenvalue weighted by atomic mass is 10.2. The van der Waals surface area contributed by atoms with Crippen LogP contribution in [-0.2, 0) is 26.2 Å². The van der Waals surface area contributed by atoms with Gasteiger partial charge in [-0.15, -0.1) is 12.4 Å². The van der Waals surface area contributed by atoms with Crippen molar-refractivity contribution in [1.82, 2.24) is 14.9 Å². The van der Waals surface area contributed by atoms with Gasteiger partial charge in [-0.3, -0.25) is 9.59 Å². The molecule has 1 aromatic rings. The topological polar surface area (TPSA) is 122 Å². The van der Waals surface area contributed by atoms with Crippen LogP contribution in [0.5, 0.6) is 0 Å². The lowest BCUT2D eigenvalue weighted by Crippen LogP contribution is -2.39. The second-order valence-corrected chi connectivity index (χ2v) is 7.45. The Labute approximate surface area is 153 Å². The van der Waals surface area contributed by atoms with Gasteiger partial charge in [-0.1, -0.05) is 12.1 Å². The van der Waals surface area contributed by atoms with E-state index in [0.29, 0.717) is 13.1 Å². The van der Waals surface area contributed by atoms with Crippen molar-refractivity contribution >= 4 is 34.2 Å². The van der Waals surface area contributed by atoms with Crippen LogP contribution in [0.4, 0.5) is 0 Å². The van der Waals surface area contributed by atoms with Gasteiger partial charge in [-0.05, 0) is 30.5 Å². The van der Waals surface area contributed by atoms with Crippen LogP contribution in [0.3, 0.4) is 0 Å². The predicted molar refractivity (Wildman–Crippen MR) is 95.6 cm³/mol. The van der Waals surface area contributed by atoms with Crippen LogP contribution < -0.4 is 16.4 Å². The third kappa shape index (κ3) is 5.96. The molecule has 1 aliphatic rings. The number of halogens is 1. The Hall–Kier alpha value is -1.68. The van der Waals surface area contributed by atoms with Crippen molar-refractivity contribution in [3.63, 3.8) is 0 Å². The average molecular weight is 391 g/mol. The van der Waals surface area contributed by atoms with Crippen LogP contribution in [0, 0.1) is 0 Å². The van der Waals surface area contributed by atoms with E-state index in [1.54, 1.807) is 24.3 Å². The highest BCUT2D eigenvalue weighted by Gasteiger charge is 2.26. The number of hydrogen-bond donors (Lipinski definition) is 3. The van der Waals surface area contributed by atoms with Crippen molar-refractivity contribution in [2.45, 2.75) is 24.3 Å². The predicted octanol–water partition coefficient (Wildman–Crippen LogP) is -0.416. The third-order valence-electron chi connectivity index (χ3n) is 3.75. The molecule has 1 aliphatic heterocycles. The first kappa shape index (κ1) is 21.4. The minimum atomic E-state index is -3.42. The zero-order chi connectivity index (χ0) is 17.6. The van der Waals surface area contributed by atoms with Crippen molar-refractivity contribution in [3.05, 3.63) is 29.8 Å². The summed E-state index contributed by atoms with van der Waals surface area (Å²) < 4.78 is 26.3. The molecule has 0 bridgehead atoms. The second kappa shape index (κ2) is 9.71. The van der Waals surface area contributed by atoms with Gasteiger partial charge in [-0.2, -0.15) is 4.31 Å². The van der Waals surface area contributed by atoms with Crippen molar-refractivity contribution in [1.29, 1.82) is 0 Å². The Kier molecular flexibility index (Phi) is 8.30. The zero-order valence-corrected chi connectivity index (χ0v) is 15.4. The van der Waals surface area contributed by atoms with Gasteiger partial charge in [0.25, 0.3) is 0 Å². The highest BCUT2D eigenvalue weighted by atomic mass is 35.5. The highest BCUT2D eigenvalue weighted by molar-refractivity contribution is 7.89. The Morgan fingerprint density at radius 3 is 2.20 bits per heavy atom. The number of carbonyl (C=O) groups is 2. The Morgan fingerprint density at radius 1 is 1.04 bits per heavy atom. The lowest BCUT2D eigenvalue weighted by molar-refractivity contribution is -0.125. The van der Waals surface area contributed by atoms with Crippen LogP contribution in [0.1, 0.15) is 18.4 Å². The fraction of sp³-hybridized carbons (Fsp3) is 0.467. The zero-order valence-electron chi connectivity index (χ0n) is 13.7. The molecule has 140 valence electrons. The summed E-state index contributed by atoms with van der Waals surface area (Å²) >= 11 is 0. The first-order valence-corrected chi connectivity index (χ1v) is 9.20. The number of rotatable bonds is 7. The van der Waals surface area contributed by atoms with Gasteiger partial charge in [0.2, 0.25) is 21.8 Å². The summed E-state index contributed by atoms with van der Waals surface area (Å²) in [6.45, 7) is 1.07. The Balaban J connectivity index is 0.00000312. The number of nitrogens with zero attached hydrogens (tertiary/aromatic N) is 1. The van der Waals surface area contributed by atoms with E-state index in [0.717, 1.165) is 18.4 Å². The van der Waals surface area contributed by atoms with Crippen LogP contribution >= 0.6 is 12.4 Å². The molecular formula is C15H23ClN4O4S. The monoisotopic (exact) mass is 390 g/mol. The van der Waals surface area contributed by atoms with Crippen LogP contribution in [-0.4, -0.2) is 50.7 Å². The molecule has 0 aromatic heterocycles. The van der Waals surface area contributed by atoms with Crippen LogP contribution in [0.2, 0.25) is 0 Å². The molecule has 0 unspecified atom stereocenters. The van der Waals surface area contributed by atoms with E-state index in [2.05, 4.69) is 10.6 Å². The standard InChI is InChI=1S/C15H22N4O4S.ClH/c16-9-14(20)18-11-15(21)17-10-12-3-5-13(6-4-12)24(22,23)19-7-1-2-8-19;/h3-6H,1-2,7-11,16H2,(H,17,21)(H,18,20);1H. The maximum atomic E-state index is 12.4. The fourth-order valence-corrected chi connectivity index (χ4v) is 3.89. The number of hydrogen-bond acceptors (Lipinski definition) is 5. The van der Waals surface area contributed by atoms with Gasteiger partial charge in [0.15, 0.2) is 0 Å². The number of benzene rings is 1. The van der Waals surface area contributed by atoms with E-state index in [1.165, 1.54) is 4.31 Å². The number of nitrogens with two attached hydrogens (primary N) is 1. The quantitative estimate of drug-likeness (QED) is 0.584. The molecule has 4 N–H and O–H groups in total. The van der Waals surface area contributed by atoms with E-state index in [4.69, 9.17) is 5.73 Å². The molecular weight excluding hydrogens is 368 g/mol. The Bertz CT molecular complexity index is 688. The summed E-state index contributed by atoms with van der Waals surface area (Å²) in [5.74, 6) is -0.743. The second-order valence-electron chi connectivity index (χ2n) is 5.51. The molecule has 8 nitrogen and oxygen atoms in total. The Morgan fingerprint density at radius 2 is 1.64 bits per heavy atom. The van der Waals surface area contributed by atoms with E-state index in [9.17, 15) is 18.0 Å². The van der Waals surface area contributed by atoms with Gasteiger partial charge < -0.3 is 16.4 Å². The summed E-state index contributed by atoms with van der Waals surface area (Å²) in [7, 11) is -3.42. The summed E-state index contributed by atoms with van der Waals surface area (Å²) in [6.07, 6.45) is 1.79. The van der Waals surface area contributed by atoms with Crippen molar-refractivity contribution in [3.8, 4) is 0 Å². The minimum Gasteiger partial charge on any atom is -0.350 e. The maximum Gasteiger partial charge on any atom is 0.243 e. The van der Waals surface area contributed by atoms with Gasteiger partial charge in [0.05, 0.1) is 18.0 Å². The molecule has 2 amide bonds. The van der Waals surface area contributed by atoms with Crippen molar-refractivity contribution in [2.75, 3.05) is 26.2 Å². The molecule has 0 spiro atoms. The molecule has 0 aliphatic carbocycles. The number of carbonyl (C=O) groups excluding carboxylic acids is 2. The molecule has 10 heteroatoms. The molecule has 0 saturated carbocycles. The van der Waals surface area contributed by atoms with E-state index >= 15 is 0 Å². The maximum absolute atomic E-state index is 12.4.